The Bertz CT molecular complexity index is 860. The molecule has 0 aromatic heterocycles. The zero-order valence-corrected chi connectivity index (χ0v) is 18.2. The number of carboxylic acids is 1. The maximum atomic E-state index is 13.0. The van der Waals surface area contributed by atoms with Gasteiger partial charge >= 0.3 is 5.97 Å². The van der Waals surface area contributed by atoms with Crippen LogP contribution in [0.25, 0.3) is 0 Å². The summed E-state index contributed by atoms with van der Waals surface area (Å²) in [5.74, 6) is -3.50. The third-order valence-corrected chi connectivity index (χ3v) is 5.41. The monoisotopic (exact) mass is 466 g/mol. The fourth-order valence-electron chi connectivity index (χ4n) is 3.58. The Kier molecular flexibility index (Phi) is 9.14. The normalized spacial score (nSPS) is 19.3. The molecular weight excluding hydrogens is 436 g/mol. The smallest absolute Gasteiger partial charge is 0.328 e. The van der Waals surface area contributed by atoms with Crippen molar-refractivity contribution >= 4 is 23.7 Å². The second-order valence-corrected chi connectivity index (χ2v) is 7.98. The van der Waals surface area contributed by atoms with Gasteiger partial charge in [0.25, 0.3) is 0 Å². The minimum absolute atomic E-state index is 0.00386. The molecule has 33 heavy (non-hydrogen) atoms. The number of phenols is 1. The van der Waals surface area contributed by atoms with Crippen LogP contribution in [0.4, 0.5) is 0 Å². The van der Waals surface area contributed by atoms with Crippen LogP contribution in [0.2, 0.25) is 0 Å². The molecule has 1 heterocycles. The van der Waals surface area contributed by atoms with Crippen LogP contribution in [0.3, 0.4) is 0 Å². The number of likely N-dealkylation sites (tertiary alicyclic amines) is 1. The number of nitrogens with two attached hydrogens (primary N) is 1. The molecule has 5 unspecified atom stereocenters. The van der Waals surface area contributed by atoms with E-state index < -0.39 is 60.6 Å². The number of hydrogen-bond donors (Lipinski definition) is 7. The molecule has 1 aliphatic rings. The van der Waals surface area contributed by atoms with Gasteiger partial charge in [0.15, 0.2) is 6.04 Å². The number of nitrogens with one attached hydrogen (secondary N) is 2. The largest absolute Gasteiger partial charge is 0.508 e. The van der Waals surface area contributed by atoms with E-state index in [9.17, 15) is 34.5 Å². The number of carbonyl (C=O) groups is 4. The third-order valence-electron chi connectivity index (χ3n) is 5.41. The molecule has 0 spiro atoms. The summed E-state index contributed by atoms with van der Waals surface area (Å²) >= 11 is 0. The lowest BCUT2D eigenvalue weighted by molar-refractivity contribution is -0.145. The van der Waals surface area contributed by atoms with Crippen molar-refractivity contribution in [1.82, 2.24) is 15.5 Å². The second kappa shape index (κ2) is 11.6. The van der Waals surface area contributed by atoms with Crippen molar-refractivity contribution in [3.63, 3.8) is 0 Å². The van der Waals surface area contributed by atoms with Crippen LogP contribution in [0.5, 0.6) is 5.75 Å². The first kappa shape index (κ1) is 26.0. The molecule has 182 valence electrons. The number of phenolic OH excluding ortho intramolecular Hbond substituents is 1. The van der Waals surface area contributed by atoms with Crippen molar-refractivity contribution in [2.45, 2.75) is 56.5 Å². The third kappa shape index (κ3) is 6.88. The average Bonchev–Trinajstić information content (AvgIpc) is 3.26. The summed E-state index contributed by atoms with van der Waals surface area (Å²) in [4.78, 5) is 50.9. The molecular formula is C21H30N4O8. The molecule has 8 N–H and O–H groups in total. The Labute approximate surface area is 190 Å². The van der Waals surface area contributed by atoms with E-state index in [0.717, 1.165) is 0 Å². The SMILES string of the molecule is CC(O)C(NC(=O)C(Cc1ccc(O)cc1)NC(=O)C1CCCN1C(=O)C(N)CO)C(=O)O. The number of aromatic hydroxyl groups is 1. The zero-order valence-electron chi connectivity index (χ0n) is 18.2. The average molecular weight is 466 g/mol. The van der Waals surface area contributed by atoms with Gasteiger partial charge in [-0.2, -0.15) is 0 Å². The van der Waals surface area contributed by atoms with Gasteiger partial charge in [0.05, 0.1) is 12.7 Å². The standard InChI is InChI=1S/C21H30N4O8/c1-11(27)17(21(32)33)24-18(29)15(9-12-4-6-13(28)7-5-12)23-19(30)16-3-2-8-25(16)20(31)14(22)10-26/h4-7,11,14-17,26-28H,2-3,8-10,22H2,1H3,(H,23,30)(H,24,29)(H,32,33). The molecule has 0 radical (unpaired) electrons. The first-order valence-corrected chi connectivity index (χ1v) is 10.5. The molecule has 1 saturated heterocycles. The van der Waals surface area contributed by atoms with Gasteiger partial charge in [-0.05, 0) is 37.5 Å². The molecule has 2 rings (SSSR count). The highest BCUT2D eigenvalue weighted by molar-refractivity contribution is 5.94. The number of carboxylic acid groups (broad SMARTS) is 1. The van der Waals surface area contributed by atoms with Crippen molar-refractivity contribution in [3.05, 3.63) is 29.8 Å². The van der Waals surface area contributed by atoms with Gasteiger partial charge in [-0.25, -0.2) is 4.79 Å². The number of rotatable bonds is 10. The van der Waals surface area contributed by atoms with Crippen LogP contribution in [0, 0.1) is 0 Å². The van der Waals surface area contributed by atoms with E-state index in [2.05, 4.69) is 10.6 Å². The molecule has 3 amide bonds. The minimum atomic E-state index is -1.59. The second-order valence-electron chi connectivity index (χ2n) is 7.98. The molecule has 12 nitrogen and oxygen atoms in total. The minimum Gasteiger partial charge on any atom is -0.508 e. The summed E-state index contributed by atoms with van der Waals surface area (Å²) in [6.07, 6.45) is -0.575. The van der Waals surface area contributed by atoms with E-state index in [0.29, 0.717) is 18.4 Å². The fourth-order valence-corrected chi connectivity index (χ4v) is 3.58. The number of carbonyl (C=O) groups excluding carboxylic acids is 3. The molecule has 1 aromatic carbocycles. The summed E-state index contributed by atoms with van der Waals surface area (Å²) in [6, 6.07) is 0.975. The molecule has 0 bridgehead atoms. The van der Waals surface area contributed by atoms with Crippen LogP contribution < -0.4 is 16.4 Å². The first-order chi connectivity index (χ1) is 15.5. The van der Waals surface area contributed by atoms with E-state index in [-0.39, 0.29) is 18.7 Å². The maximum Gasteiger partial charge on any atom is 0.328 e. The Morgan fingerprint density at radius 3 is 2.36 bits per heavy atom. The highest BCUT2D eigenvalue weighted by Crippen LogP contribution is 2.19. The van der Waals surface area contributed by atoms with Gasteiger partial charge in [-0.3, -0.25) is 14.4 Å². The van der Waals surface area contributed by atoms with Crippen molar-refractivity contribution < 1.29 is 39.6 Å². The first-order valence-electron chi connectivity index (χ1n) is 10.5. The van der Waals surface area contributed by atoms with Crippen molar-refractivity contribution in [2.24, 2.45) is 5.73 Å². The van der Waals surface area contributed by atoms with Crippen molar-refractivity contribution in [3.8, 4) is 5.75 Å². The molecule has 5 atom stereocenters. The van der Waals surface area contributed by atoms with E-state index in [1.807, 2.05) is 0 Å². The number of amides is 3. The highest BCUT2D eigenvalue weighted by atomic mass is 16.4. The predicted octanol–water partition coefficient (Wildman–Crippen LogP) is -2.32. The number of aliphatic carboxylic acids is 1. The van der Waals surface area contributed by atoms with E-state index >= 15 is 0 Å². The fraction of sp³-hybridized carbons (Fsp3) is 0.524. The van der Waals surface area contributed by atoms with Crippen molar-refractivity contribution in [1.29, 1.82) is 0 Å². The molecule has 1 fully saturated rings. The van der Waals surface area contributed by atoms with Gasteiger partial charge in [-0.1, -0.05) is 12.1 Å². The Hall–Kier alpha value is -3.22. The molecule has 1 aliphatic heterocycles. The lowest BCUT2D eigenvalue weighted by Gasteiger charge is -2.28. The number of nitrogens with zero attached hydrogens (tertiary/aromatic N) is 1. The van der Waals surface area contributed by atoms with Crippen LogP contribution in [-0.4, -0.2) is 92.4 Å². The van der Waals surface area contributed by atoms with Gasteiger partial charge in [0, 0.05) is 13.0 Å². The van der Waals surface area contributed by atoms with E-state index in [1.165, 1.54) is 36.1 Å². The van der Waals surface area contributed by atoms with Crippen molar-refractivity contribution in [2.75, 3.05) is 13.2 Å². The Balaban J connectivity index is 2.22. The highest BCUT2D eigenvalue weighted by Gasteiger charge is 2.38. The van der Waals surface area contributed by atoms with Gasteiger partial charge in [0.1, 0.15) is 23.9 Å². The summed E-state index contributed by atoms with van der Waals surface area (Å²) in [5.41, 5.74) is 6.17. The Morgan fingerprint density at radius 2 is 1.82 bits per heavy atom. The van der Waals surface area contributed by atoms with Crippen LogP contribution in [0.15, 0.2) is 24.3 Å². The van der Waals surface area contributed by atoms with E-state index in [4.69, 9.17) is 10.8 Å². The quantitative estimate of drug-likeness (QED) is 0.197. The van der Waals surface area contributed by atoms with Gasteiger partial charge in [0.2, 0.25) is 17.7 Å². The summed E-state index contributed by atoms with van der Waals surface area (Å²) in [7, 11) is 0. The summed E-state index contributed by atoms with van der Waals surface area (Å²) in [5, 5.41) is 42.3. The lowest BCUT2D eigenvalue weighted by Crippen LogP contribution is -2.58. The number of benzene rings is 1. The predicted molar refractivity (Wildman–Crippen MR) is 115 cm³/mol. The zero-order chi connectivity index (χ0) is 24.7. The number of aliphatic hydroxyl groups is 2. The van der Waals surface area contributed by atoms with Gasteiger partial charge in [-0.15, -0.1) is 0 Å². The molecule has 0 aliphatic carbocycles. The maximum absolute atomic E-state index is 13.0. The molecule has 0 saturated carbocycles. The lowest BCUT2D eigenvalue weighted by atomic mass is 10.0. The molecule has 12 heteroatoms. The molecule has 1 aromatic rings. The topological polar surface area (TPSA) is 203 Å². The van der Waals surface area contributed by atoms with Crippen LogP contribution >= 0.6 is 0 Å². The van der Waals surface area contributed by atoms with Crippen LogP contribution in [-0.2, 0) is 25.6 Å². The van der Waals surface area contributed by atoms with Crippen LogP contribution in [0.1, 0.15) is 25.3 Å². The summed E-state index contributed by atoms with van der Waals surface area (Å²) in [6.45, 7) is 0.896. The van der Waals surface area contributed by atoms with Gasteiger partial charge < -0.3 is 41.7 Å². The Morgan fingerprint density at radius 1 is 1.18 bits per heavy atom. The summed E-state index contributed by atoms with van der Waals surface area (Å²) < 4.78 is 0. The van der Waals surface area contributed by atoms with E-state index in [1.54, 1.807) is 0 Å². The number of aliphatic hydroxyl groups excluding tert-OH is 2. The number of hydrogen-bond acceptors (Lipinski definition) is 8.